The molecule has 2 unspecified atom stereocenters. The number of amides is 1. The molecule has 0 aliphatic heterocycles. The van der Waals surface area contributed by atoms with E-state index in [9.17, 15) is 4.79 Å². The molecule has 1 fully saturated rings. The lowest BCUT2D eigenvalue weighted by Crippen LogP contribution is -2.40. The van der Waals surface area contributed by atoms with Gasteiger partial charge in [0.2, 0.25) is 0 Å². The van der Waals surface area contributed by atoms with Gasteiger partial charge in [-0.05, 0) is 37.0 Å². The number of anilines is 1. The van der Waals surface area contributed by atoms with Crippen molar-refractivity contribution in [3.63, 3.8) is 0 Å². The van der Waals surface area contributed by atoms with E-state index in [1.54, 1.807) is 18.2 Å². The van der Waals surface area contributed by atoms with E-state index in [-0.39, 0.29) is 5.91 Å². The minimum atomic E-state index is -0.0282. The summed E-state index contributed by atoms with van der Waals surface area (Å²) < 4.78 is 0. The van der Waals surface area contributed by atoms with Crippen molar-refractivity contribution in [3.8, 4) is 0 Å². The van der Waals surface area contributed by atoms with Gasteiger partial charge in [0.1, 0.15) is 0 Å². The second-order valence-electron chi connectivity index (χ2n) is 5.68. The molecule has 0 radical (unpaired) electrons. The van der Waals surface area contributed by atoms with Crippen LogP contribution in [0.3, 0.4) is 0 Å². The standard InChI is InChI=1S/C15H22ClN3O/c1-10-4-3-5-12(8-10)19(2)15(20)13-9-11(16)6-7-14(13)18-17/h6-7,9-10,12,18H,3-5,8,17H2,1-2H3. The Kier molecular flexibility index (Phi) is 4.89. The number of nitrogens with zero attached hydrogens (tertiary/aromatic N) is 1. The average molecular weight is 296 g/mol. The molecule has 20 heavy (non-hydrogen) atoms. The van der Waals surface area contributed by atoms with Gasteiger partial charge in [0.05, 0.1) is 11.3 Å². The van der Waals surface area contributed by atoms with Crippen molar-refractivity contribution < 1.29 is 4.79 Å². The number of rotatable bonds is 3. The summed E-state index contributed by atoms with van der Waals surface area (Å²) in [5.74, 6) is 6.12. The molecule has 0 saturated heterocycles. The summed E-state index contributed by atoms with van der Waals surface area (Å²) in [5, 5.41) is 0.540. The summed E-state index contributed by atoms with van der Waals surface area (Å²) in [7, 11) is 1.87. The number of benzene rings is 1. The Labute approximate surface area is 125 Å². The highest BCUT2D eigenvalue weighted by molar-refractivity contribution is 6.31. The maximum absolute atomic E-state index is 12.7. The van der Waals surface area contributed by atoms with E-state index >= 15 is 0 Å². The van der Waals surface area contributed by atoms with Crippen LogP contribution >= 0.6 is 11.6 Å². The summed E-state index contributed by atoms with van der Waals surface area (Å²) >= 11 is 5.99. The molecular weight excluding hydrogens is 274 g/mol. The van der Waals surface area contributed by atoms with Gasteiger partial charge in [0, 0.05) is 18.1 Å². The predicted octanol–water partition coefficient (Wildman–Crippen LogP) is 3.28. The van der Waals surface area contributed by atoms with E-state index in [0.29, 0.717) is 28.2 Å². The van der Waals surface area contributed by atoms with Gasteiger partial charge in [-0.2, -0.15) is 0 Å². The van der Waals surface area contributed by atoms with Crippen LogP contribution in [0.1, 0.15) is 43.0 Å². The van der Waals surface area contributed by atoms with Crippen LogP contribution in [0.4, 0.5) is 5.69 Å². The molecule has 1 aromatic carbocycles. The Hall–Kier alpha value is -1.26. The summed E-state index contributed by atoms with van der Waals surface area (Å²) in [6.07, 6.45) is 4.57. The van der Waals surface area contributed by atoms with Crippen molar-refractivity contribution in [2.24, 2.45) is 11.8 Å². The fraction of sp³-hybridized carbons (Fsp3) is 0.533. The van der Waals surface area contributed by atoms with Crippen LogP contribution in [-0.4, -0.2) is 23.9 Å². The van der Waals surface area contributed by atoms with Crippen LogP contribution in [0.5, 0.6) is 0 Å². The highest BCUT2D eigenvalue weighted by Crippen LogP contribution is 2.29. The first kappa shape index (κ1) is 15.1. The summed E-state index contributed by atoms with van der Waals surface area (Å²) in [4.78, 5) is 14.5. The summed E-state index contributed by atoms with van der Waals surface area (Å²) in [6.45, 7) is 2.25. The fourth-order valence-corrected chi connectivity index (χ4v) is 3.10. The van der Waals surface area contributed by atoms with Crippen molar-refractivity contribution in [1.82, 2.24) is 4.90 Å². The molecule has 3 N–H and O–H groups in total. The Morgan fingerprint density at radius 2 is 2.20 bits per heavy atom. The summed E-state index contributed by atoms with van der Waals surface area (Å²) in [5.41, 5.74) is 3.70. The van der Waals surface area contributed by atoms with E-state index in [1.165, 1.54) is 12.8 Å². The molecule has 5 heteroatoms. The third-order valence-corrected chi connectivity index (χ3v) is 4.38. The first-order valence-electron chi connectivity index (χ1n) is 7.06. The van der Waals surface area contributed by atoms with Crippen LogP contribution in [0.2, 0.25) is 5.02 Å². The lowest BCUT2D eigenvalue weighted by molar-refractivity contribution is 0.0673. The van der Waals surface area contributed by atoms with Gasteiger partial charge in [-0.1, -0.05) is 31.4 Å². The van der Waals surface area contributed by atoms with E-state index in [2.05, 4.69) is 12.3 Å². The molecule has 1 saturated carbocycles. The van der Waals surface area contributed by atoms with Crippen molar-refractivity contribution >= 4 is 23.2 Å². The van der Waals surface area contributed by atoms with Gasteiger partial charge in [0.25, 0.3) is 5.91 Å². The molecule has 0 aromatic heterocycles. The molecule has 110 valence electrons. The maximum Gasteiger partial charge on any atom is 0.256 e. The van der Waals surface area contributed by atoms with E-state index < -0.39 is 0 Å². The van der Waals surface area contributed by atoms with Crippen LogP contribution in [0.25, 0.3) is 0 Å². The van der Waals surface area contributed by atoms with Crippen molar-refractivity contribution in [1.29, 1.82) is 0 Å². The van der Waals surface area contributed by atoms with Crippen molar-refractivity contribution in [3.05, 3.63) is 28.8 Å². The molecule has 0 bridgehead atoms. The van der Waals surface area contributed by atoms with Crippen molar-refractivity contribution in [2.75, 3.05) is 12.5 Å². The van der Waals surface area contributed by atoms with E-state index in [1.807, 2.05) is 11.9 Å². The van der Waals surface area contributed by atoms with Crippen LogP contribution in [-0.2, 0) is 0 Å². The first-order chi connectivity index (χ1) is 9.52. The van der Waals surface area contributed by atoms with Gasteiger partial charge in [-0.15, -0.1) is 0 Å². The summed E-state index contributed by atoms with van der Waals surface area (Å²) in [6, 6.07) is 5.42. The molecule has 2 rings (SSSR count). The number of hydrogen-bond donors (Lipinski definition) is 2. The normalized spacial score (nSPS) is 22.4. The number of carbonyl (C=O) groups is 1. The number of nitrogens with one attached hydrogen (secondary N) is 1. The lowest BCUT2D eigenvalue weighted by Gasteiger charge is -2.34. The van der Waals surface area contributed by atoms with Gasteiger partial charge in [-0.25, -0.2) is 0 Å². The number of hydrazine groups is 1. The topological polar surface area (TPSA) is 58.4 Å². The number of nitrogens with two attached hydrogens (primary N) is 1. The number of halogens is 1. The van der Waals surface area contributed by atoms with E-state index in [0.717, 1.165) is 12.8 Å². The molecular formula is C15H22ClN3O. The minimum Gasteiger partial charge on any atom is -0.339 e. The van der Waals surface area contributed by atoms with Gasteiger partial charge >= 0.3 is 0 Å². The van der Waals surface area contributed by atoms with Crippen LogP contribution in [0, 0.1) is 5.92 Å². The Bertz CT molecular complexity index is 492. The molecule has 1 aliphatic carbocycles. The third kappa shape index (κ3) is 3.25. The van der Waals surface area contributed by atoms with E-state index in [4.69, 9.17) is 17.4 Å². The fourth-order valence-electron chi connectivity index (χ4n) is 2.93. The van der Waals surface area contributed by atoms with Crippen LogP contribution < -0.4 is 11.3 Å². The van der Waals surface area contributed by atoms with Gasteiger partial charge in [0.15, 0.2) is 0 Å². The largest absolute Gasteiger partial charge is 0.339 e. The second kappa shape index (κ2) is 6.46. The minimum absolute atomic E-state index is 0.0282. The predicted molar refractivity (Wildman–Crippen MR) is 82.8 cm³/mol. The molecule has 2 atom stereocenters. The highest BCUT2D eigenvalue weighted by Gasteiger charge is 2.27. The molecule has 0 heterocycles. The van der Waals surface area contributed by atoms with Crippen LogP contribution in [0.15, 0.2) is 18.2 Å². The Balaban J connectivity index is 2.19. The molecule has 4 nitrogen and oxygen atoms in total. The maximum atomic E-state index is 12.7. The molecule has 1 aliphatic rings. The zero-order chi connectivity index (χ0) is 14.7. The zero-order valence-corrected chi connectivity index (χ0v) is 12.8. The monoisotopic (exact) mass is 295 g/mol. The number of nitrogen functional groups attached to an aromatic ring is 1. The van der Waals surface area contributed by atoms with Gasteiger partial charge in [-0.3, -0.25) is 10.6 Å². The lowest BCUT2D eigenvalue weighted by atomic mass is 9.86. The molecule has 1 aromatic rings. The highest BCUT2D eigenvalue weighted by atomic mass is 35.5. The smallest absolute Gasteiger partial charge is 0.256 e. The number of hydrogen-bond acceptors (Lipinski definition) is 3. The number of carbonyl (C=O) groups excluding carboxylic acids is 1. The second-order valence-corrected chi connectivity index (χ2v) is 6.11. The third-order valence-electron chi connectivity index (χ3n) is 4.14. The van der Waals surface area contributed by atoms with Crippen molar-refractivity contribution in [2.45, 2.75) is 38.6 Å². The SMILES string of the molecule is CC1CCCC(N(C)C(=O)c2cc(Cl)ccc2NN)C1. The van der Waals surface area contributed by atoms with Gasteiger partial charge < -0.3 is 10.3 Å². The molecule has 1 amide bonds. The zero-order valence-electron chi connectivity index (χ0n) is 12.0. The first-order valence-corrected chi connectivity index (χ1v) is 7.44. The average Bonchev–Trinajstić information content (AvgIpc) is 2.45. The Morgan fingerprint density at radius 3 is 2.85 bits per heavy atom. The Morgan fingerprint density at radius 1 is 1.45 bits per heavy atom. The molecule has 0 spiro atoms. The quantitative estimate of drug-likeness (QED) is 0.664.